The van der Waals surface area contributed by atoms with E-state index in [1.54, 1.807) is 6.20 Å². The number of hydrogen-bond acceptors (Lipinski definition) is 3. The Balaban J connectivity index is 0.000000172. The number of nitrogens with zero attached hydrogens (tertiary/aromatic N) is 1. The molecule has 88 valence electrons. The van der Waals surface area contributed by atoms with Crippen LogP contribution in [0, 0.1) is 0 Å². The zero-order valence-electron chi connectivity index (χ0n) is 8.70. The average Bonchev–Trinajstić information content (AvgIpc) is 2.75. The summed E-state index contributed by atoms with van der Waals surface area (Å²) in [5.41, 5.74) is 2.12. The fourth-order valence-electron chi connectivity index (χ4n) is 1.03. The number of aromatic nitrogens is 2. The van der Waals surface area contributed by atoms with Crippen LogP contribution in [0.1, 0.15) is 0 Å². The van der Waals surface area contributed by atoms with E-state index in [0.29, 0.717) is 12.2 Å². The number of aliphatic carboxylic acids is 2. The van der Waals surface area contributed by atoms with Gasteiger partial charge in [-0.15, -0.1) is 0 Å². The van der Waals surface area contributed by atoms with Gasteiger partial charge < -0.3 is 15.2 Å². The topological polar surface area (TPSA) is 103 Å². The molecule has 2 aromatic rings. The number of aromatic amines is 1. The number of pyridine rings is 1. The van der Waals surface area contributed by atoms with Crippen molar-refractivity contribution in [2.75, 3.05) is 0 Å². The van der Waals surface area contributed by atoms with Crippen molar-refractivity contribution >= 4 is 23.0 Å². The molecule has 0 aliphatic rings. The summed E-state index contributed by atoms with van der Waals surface area (Å²) in [6.45, 7) is 0. The Bertz CT molecular complexity index is 499. The second-order valence-corrected chi connectivity index (χ2v) is 2.92. The Hall–Kier alpha value is -2.63. The van der Waals surface area contributed by atoms with Crippen LogP contribution < -0.4 is 0 Å². The van der Waals surface area contributed by atoms with Gasteiger partial charge in [0, 0.05) is 24.5 Å². The average molecular weight is 234 g/mol. The predicted molar refractivity (Wildman–Crippen MR) is 60.5 cm³/mol. The highest BCUT2D eigenvalue weighted by Crippen LogP contribution is 2.05. The van der Waals surface area contributed by atoms with Crippen molar-refractivity contribution in [3.63, 3.8) is 0 Å². The van der Waals surface area contributed by atoms with Crippen molar-refractivity contribution in [3.05, 3.63) is 42.7 Å². The van der Waals surface area contributed by atoms with Crippen molar-refractivity contribution in [3.8, 4) is 0 Å². The van der Waals surface area contributed by atoms with Crippen LogP contribution in [0.15, 0.2) is 42.7 Å². The highest BCUT2D eigenvalue weighted by molar-refractivity contribution is 5.89. The Labute approximate surface area is 96.2 Å². The number of carboxylic acids is 2. The third-order valence-corrected chi connectivity index (χ3v) is 1.69. The van der Waals surface area contributed by atoms with E-state index in [1.807, 2.05) is 24.4 Å². The van der Waals surface area contributed by atoms with Gasteiger partial charge in [0.15, 0.2) is 0 Å². The van der Waals surface area contributed by atoms with Crippen molar-refractivity contribution in [2.24, 2.45) is 0 Å². The highest BCUT2D eigenvalue weighted by Gasteiger charge is 1.88. The lowest BCUT2D eigenvalue weighted by atomic mass is 10.4. The molecule has 0 radical (unpaired) electrons. The molecule has 0 aromatic carbocycles. The molecule has 6 nitrogen and oxygen atoms in total. The third-order valence-electron chi connectivity index (χ3n) is 1.69. The fourth-order valence-corrected chi connectivity index (χ4v) is 1.03. The fraction of sp³-hybridized carbons (Fsp3) is 0. The second-order valence-electron chi connectivity index (χ2n) is 2.92. The molecule has 0 amide bonds. The standard InChI is InChI=1S/C7H6N2.C4H4O4/c1-2-6-7(8-4-1)3-5-9-6;5-3(6)1-2-4(7)8/h1-5,9H;1-2H,(H,5,6)(H,7,8)/b;2-1-. The number of fused-ring (bicyclic) bond motifs is 1. The summed E-state index contributed by atoms with van der Waals surface area (Å²) in [6, 6.07) is 5.87. The minimum Gasteiger partial charge on any atom is -0.478 e. The maximum absolute atomic E-state index is 9.55. The molecule has 0 bridgehead atoms. The van der Waals surface area contributed by atoms with Crippen LogP contribution in [0.3, 0.4) is 0 Å². The number of nitrogens with one attached hydrogen (secondary N) is 1. The van der Waals surface area contributed by atoms with Crippen LogP contribution in [-0.4, -0.2) is 32.1 Å². The summed E-state index contributed by atoms with van der Waals surface area (Å²) in [6.07, 6.45) is 4.79. The first-order chi connectivity index (χ1) is 8.09. The number of carbonyl (C=O) groups is 2. The van der Waals surface area contributed by atoms with Gasteiger partial charge in [-0.25, -0.2) is 9.59 Å². The van der Waals surface area contributed by atoms with Crippen LogP contribution in [-0.2, 0) is 9.59 Å². The van der Waals surface area contributed by atoms with E-state index in [-0.39, 0.29) is 0 Å². The molecule has 0 fully saturated rings. The summed E-state index contributed by atoms with van der Waals surface area (Å²) < 4.78 is 0. The molecular weight excluding hydrogens is 224 g/mol. The monoisotopic (exact) mass is 234 g/mol. The maximum atomic E-state index is 9.55. The summed E-state index contributed by atoms with van der Waals surface area (Å²) in [7, 11) is 0. The molecule has 0 atom stereocenters. The summed E-state index contributed by atoms with van der Waals surface area (Å²) in [5, 5.41) is 15.6. The smallest absolute Gasteiger partial charge is 0.328 e. The Kier molecular flexibility index (Phi) is 4.44. The van der Waals surface area contributed by atoms with Gasteiger partial charge >= 0.3 is 11.9 Å². The first-order valence-corrected chi connectivity index (χ1v) is 4.61. The van der Waals surface area contributed by atoms with Crippen molar-refractivity contribution in [1.29, 1.82) is 0 Å². The molecule has 3 N–H and O–H groups in total. The summed E-state index contributed by atoms with van der Waals surface area (Å²) in [4.78, 5) is 26.3. The van der Waals surface area contributed by atoms with Gasteiger partial charge in [-0.2, -0.15) is 0 Å². The Morgan fingerprint density at radius 2 is 1.82 bits per heavy atom. The zero-order valence-corrected chi connectivity index (χ0v) is 8.70. The van der Waals surface area contributed by atoms with E-state index in [0.717, 1.165) is 11.0 Å². The lowest BCUT2D eigenvalue weighted by Gasteiger charge is -1.82. The molecule has 2 heterocycles. The van der Waals surface area contributed by atoms with Crippen molar-refractivity contribution in [1.82, 2.24) is 9.97 Å². The van der Waals surface area contributed by atoms with Gasteiger partial charge in [0.2, 0.25) is 0 Å². The summed E-state index contributed by atoms with van der Waals surface area (Å²) in [5.74, 6) is -2.51. The van der Waals surface area contributed by atoms with Gasteiger partial charge in [-0.05, 0) is 18.2 Å². The SMILES string of the molecule is O=C(O)/C=C\C(=O)O.c1cnc2cc[nH]c2c1. The number of H-pyrrole nitrogens is 1. The van der Waals surface area contributed by atoms with E-state index >= 15 is 0 Å². The largest absolute Gasteiger partial charge is 0.478 e. The normalized spacial score (nSPS) is 9.88. The molecule has 0 spiro atoms. The van der Waals surface area contributed by atoms with Crippen LogP contribution in [0.5, 0.6) is 0 Å². The summed E-state index contributed by atoms with van der Waals surface area (Å²) >= 11 is 0. The van der Waals surface area contributed by atoms with Gasteiger partial charge in [0.25, 0.3) is 0 Å². The van der Waals surface area contributed by atoms with Gasteiger partial charge in [0.05, 0.1) is 11.0 Å². The quantitative estimate of drug-likeness (QED) is 0.679. The van der Waals surface area contributed by atoms with E-state index in [4.69, 9.17) is 10.2 Å². The minimum atomic E-state index is -1.26. The maximum Gasteiger partial charge on any atom is 0.328 e. The van der Waals surface area contributed by atoms with E-state index in [2.05, 4.69) is 9.97 Å². The van der Waals surface area contributed by atoms with Crippen LogP contribution in [0.25, 0.3) is 11.0 Å². The van der Waals surface area contributed by atoms with Crippen molar-refractivity contribution < 1.29 is 19.8 Å². The van der Waals surface area contributed by atoms with E-state index in [1.165, 1.54) is 0 Å². The Morgan fingerprint density at radius 1 is 1.18 bits per heavy atom. The van der Waals surface area contributed by atoms with Crippen LogP contribution >= 0.6 is 0 Å². The first kappa shape index (κ1) is 12.4. The molecule has 0 unspecified atom stereocenters. The van der Waals surface area contributed by atoms with Gasteiger partial charge in [0.1, 0.15) is 0 Å². The van der Waals surface area contributed by atoms with Crippen molar-refractivity contribution in [2.45, 2.75) is 0 Å². The number of hydrogen-bond donors (Lipinski definition) is 3. The number of rotatable bonds is 2. The Morgan fingerprint density at radius 3 is 2.35 bits per heavy atom. The van der Waals surface area contributed by atoms with E-state index < -0.39 is 11.9 Å². The molecule has 17 heavy (non-hydrogen) atoms. The highest BCUT2D eigenvalue weighted by atomic mass is 16.4. The second kappa shape index (κ2) is 6.06. The molecule has 0 aliphatic heterocycles. The molecule has 2 rings (SSSR count). The molecule has 0 aliphatic carbocycles. The first-order valence-electron chi connectivity index (χ1n) is 4.61. The number of carboxylic acid groups (broad SMARTS) is 2. The third kappa shape index (κ3) is 4.61. The molecular formula is C11H10N2O4. The zero-order chi connectivity index (χ0) is 12.7. The molecule has 2 aromatic heterocycles. The lowest BCUT2D eigenvalue weighted by molar-refractivity contribution is -0.134. The van der Waals surface area contributed by atoms with Gasteiger partial charge in [-0.3, -0.25) is 4.98 Å². The molecule has 0 saturated carbocycles. The van der Waals surface area contributed by atoms with Crippen LogP contribution in [0.4, 0.5) is 0 Å². The lowest BCUT2D eigenvalue weighted by Crippen LogP contribution is -1.91. The predicted octanol–water partition coefficient (Wildman–Crippen LogP) is 1.27. The molecule has 0 saturated heterocycles. The van der Waals surface area contributed by atoms with Gasteiger partial charge in [-0.1, -0.05) is 0 Å². The van der Waals surface area contributed by atoms with E-state index in [9.17, 15) is 9.59 Å². The van der Waals surface area contributed by atoms with Crippen LogP contribution in [0.2, 0.25) is 0 Å². The minimum absolute atomic E-state index is 0.558. The molecule has 6 heteroatoms.